The van der Waals surface area contributed by atoms with Gasteiger partial charge in [0.25, 0.3) is 0 Å². The minimum absolute atomic E-state index is 0.209. The molecule has 0 bridgehead atoms. The van der Waals surface area contributed by atoms with Crippen molar-refractivity contribution >= 4 is 29.6 Å². The zero-order chi connectivity index (χ0) is 19.0. The number of thioether (sulfide) groups is 2. The van der Waals surface area contributed by atoms with Crippen molar-refractivity contribution in [3.8, 4) is 0 Å². The predicted octanol–water partition coefficient (Wildman–Crippen LogP) is 2.15. The molecule has 0 spiro atoms. The van der Waals surface area contributed by atoms with Crippen molar-refractivity contribution in [1.29, 1.82) is 0 Å². The number of hydrogen-bond acceptors (Lipinski definition) is 8. The summed E-state index contributed by atoms with van der Waals surface area (Å²) in [6.07, 6.45) is 2.82. The van der Waals surface area contributed by atoms with Crippen LogP contribution >= 0.6 is 23.5 Å². The van der Waals surface area contributed by atoms with E-state index in [1.807, 2.05) is 23.5 Å². The van der Waals surface area contributed by atoms with Crippen LogP contribution in [0.3, 0.4) is 0 Å². The summed E-state index contributed by atoms with van der Waals surface area (Å²) in [5.41, 5.74) is 6.21. The Morgan fingerprint density at radius 3 is 2.50 bits per heavy atom. The van der Waals surface area contributed by atoms with E-state index in [2.05, 4.69) is 23.7 Å². The van der Waals surface area contributed by atoms with E-state index in [-0.39, 0.29) is 6.61 Å². The molecule has 0 radical (unpaired) electrons. The number of nitrogens with two attached hydrogens (primary N) is 1. The van der Waals surface area contributed by atoms with Crippen LogP contribution in [-0.4, -0.2) is 83.0 Å². The average Bonchev–Trinajstić information content (AvgIpc) is 3.10. The third-order valence-electron chi connectivity index (χ3n) is 3.46. The first-order valence-electron chi connectivity index (χ1n) is 9.06. The first kappa shape index (κ1) is 23.3. The van der Waals surface area contributed by atoms with E-state index in [1.54, 1.807) is 6.20 Å². The first-order chi connectivity index (χ1) is 12.7. The van der Waals surface area contributed by atoms with Gasteiger partial charge in [0.05, 0.1) is 18.9 Å². The molecule has 9 heteroatoms. The monoisotopic (exact) mass is 404 g/mol. The molecule has 0 amide bonds. The number of nitrogens with zero attached hydrogens (tertiary/aromatic N) is 3. The van der Waals surface area contributed by atoms with Crippen molar-refractivity contribution in [1.82, 2.24) is 14.5 Å². The number of aromatic nitrogens is 2. The fraction of sp³-hybridized carbons (Fsp3) is 0.765. The molecule has 1 aromatic rings. The smallest absolute Gasteiger partial charge is 0.419 e. The zero-order valence-corrected chi connectivity index (χ0v) is 17.5. The number of ether oxygens (including phenoxy) is 2. The lowest BCUT2D eigenvalue weighted by atomic mass is 10.4. The SMILES string of the molecule is CCSCCN(CCSCC)Cc1cn(C(=O)OCCOCCN)cn1. The molecular formula is C17H32N4O3S2. The second-order valence-corrected chi connectivity index (χ2v) is 8.25. The van der Waals surface area contributed by atoms with Crippen LogP contribution < -0.4 is 5.73 Å². The van der Waals surface area contributed by atoms with Gasteiger partial charge in [0.15, 0.2) is 0 Å². The van der Waals surface area contributed by atoms with Crippen LogP contribution in [0.4, 0.5) is 4.79 Å². The lowest BCUT2D eigenvalue weighted by Crippen LogP contribution is -2.28. The maximum Gasteiger partial charge on any atom is 0.419 e. The highest BCUT2D eigenvalue weighted by Gasteiger charge is 2.11. The van der Waals surface area contributed by atoms with E-state index in [1.165, 1.54) is 10.9 Å². The largest absolute Gasteiger partial charge is 0.446 e. The summed E-state index contributed by atoms with van der Waals surface area (Å²) in [4.78, 5) is 18.7. The van der Waals surface area contributed by atoms with Crippen molar-refractivity contribution in [3.63, 3.8) is 0 Å². The molecule has 1 heterocycles. The summed E-state index contributed by atoms with van der Waals surface area (Å²) >= 11 is 3.89. The second kappa shape index (κ2) is 15.3. The first-order valence-corrected chi connectivity index (χ1v) is 11.4. The molecular weight excluding hydrogens is 372 g/mol. The van der Waals surface area contributed by atoms with E-state index in [9.17, 15) is 4.79 Å². The van der Waals surface area contributed by atoms with Crippen LogP contribution in [0.2, 0.25) is 0 Å². The van der Waals surface area contributed by atoms with Crippen molar-refractivity contribution in [2.24, 2.45) is 5.73 Å². The molecule has 26 heavy (non-hydrogen) atoms. The molecule has 0 atom stereocenters. The molecule has 0 fully saturated rings. The minimum atomic E-state index is -0.435. The van der Waals surface area contributed by atoms with Gasteiger partial charge in [-0.05, 0) is 11.5 Å². The summed E-state index contributed by atoms with van der Waals surface area (Å²) in [6.45, 7) is 8.64. The number of rotatable bonds is 15. The van der Waals surface area contributed by atoms with Crippen LogP contribution in [0.25, 0.3) is 0 Å². The van der Waals surface area contributed by atoms with Crippen molar-refractivity contribution < 1.29 is 14.3 Å². The summed E-state index contributed by atoms with van der Waals surface area (Å²) in [6, 6.07) is 0. The van der Waals surface area contributed by atoms with Gasteiger partial charge in [0, 0.05) is 43.9 Å². The van der Waals surface area contributed by atoms with Gasteiger partial charge in [-0.1, -0.05) is 13.8 Å². The summed E-state index contributed by atoms with van der Waals surface area (Å²) in [5, 5.41) is 0. The molecule has 7 nitrogen and oxygen atoms in total. The molecule has 2 N–H and O–H groups in total. The molecule has 0 unspecified atom stereocenters. The van der Waals surface area contributed by atoms with Crippen molar-refractivity contribution in [2.75, 3.05) is 62.5 Å². The lowest BCUT2D eigenvalue weighted by molar-refractivity contribution is 0.0769. The Bertz CT molecular complexity index is 478. The van der Waals surface area contributed by atoms with Crippen molar-refractivity contribution in [3.05, 3.63) is 18.2 Å². The van der Waals surface area contributed by atoms with Gasteiger partial charge >= 0.3 is 6.09 Å². The van der Waals surface area contributed by atoms with Crippen LogP contribution in [-0.2, 0) is 16.0 Å². The maximum absolute atomic E-state index is 12.0. The third kappa shape index (κ3) is 10.4. The number of hydrogen-bond donors (Lipinski definition) is 1. The second-order valence-electron chi connectivity index (χ2n) is 5.46. The molecule has 0 aliphatic heterocycles. The lowest BCUT2D eigenvalue weighted by Gasteiger charge is -2.20. The maximum atomic E-state index is 12.0. The van der Waals surface area contributed by atoms with Crippen LogP contribution in [0.1, 0.15) is 19.5 Å². The highest BCUT2D eigenvalue weighted by molar-refractivity contribution is 7.99. The summed E-state index contributed by atoms with van der Waals surface area (Å²) in [5.74, 6) is 4.48. The Hall–Kier alpha value is -0.740. The molecule has 0 saturated heterocycles. The Morgan fingerprint density at radius 2 is 1.88 bits per heavy atom. The van der Waals surface area contributed by atoms with E-state index in [0.29, 0.717) is 19.8 Å². The fourth-order valence-electron chi connectivity index (χ4n) is 2.17. The number of imidazole rings is 1. The van der Waals surface area contributed by atoms with Gasteiger partial charge in [0.1, 0.15) is 12.9 Å². The van der Waals surface area contributed by atoms with Gasteiger partial charge in [-0.25, -0.2) is 14.3 Å². The Morgan fingerprint density at radius 1 is 1.19 bits per heavy atom. The standard InChI is InChI=1S/C17H32N4O3S2/c1-3-25-11-6-20(7-12-26-4-2)13-16-14-21(15-19-16)17(22)24-10-9-23-8-5-18/h14-15H,3-13,18H2,1-2H3. The number of carbonyl (C=O) groups excluding carboxylic acids is 1. The highest BCUT2D eigenvalue weighted by Crippen LogP contribution is 2.08. The Kier molecular flexibility index (Phi) is 13.7. The van der Waals surface area contributed by atoms with Gasteiger partial charge in [-0.2, -0.15) is 23.5 Å². The molecule has 0 saturated carbocycles. The van der Waals surface area contributed by atoms with Crippen molar-refractivity contribution in [2.45, 2.75) is 20.4 Å². The minimum Gasteiger partial charge on any atom is -0.446 e. The molecule has 0 aliphatic rings. The average molecular weight is 405 g/mol. The van der Waals surface area contributed by atoms with Gasteiger partial charge < -0.3 is 15.2 Å². The van der Waals surface area contributed by atoms with E-state index >= 15 is 0 Å². The fourth-order valence-corrected chi connectivity index (χ4v) is 3.52. The van der Waals surface area contributed by atoms with Gasteiger partial charge in [-0.15, -0.1) is 0 Å². The van der Waals surface area contributed by atoms with Crippen LogP contribution in [0.15, 0.2) is 12.5 Å². The molecule has 1 rings (SSSR count). The van der Waals surface area contributed by atoms with Crippen LogP contribution in [0, 0.1) is 0 Å². The van der Waals surface area contributed by atoms with E-state index < -0.39 is 6.09 Å². The van der Waals surface area contributed by atoms with E-state index in [0.717, 1.165) is 48.3 Å². The Labute approximate surface area is 165 Å². The summed E-state index contributed by atoms with van der Waals surface area (Å²) < 4.78 is 11.7. The highest BCUT2D eigenvalue weighted by atomic mass is 32.2. The molecule has 150 valence electrons. The summed E-state index contributed by atoms with van der Waals surface area (Å²) in [7, 11) is 0. The molecule has 1 aromatic heterocycles. The van der Waals surface area contributed by atoms with E-state index in [4.69, 9.17) is 15.2 Å². The quantitative estimate of drug-likeness (QED) is 0.445. The van der Waals surface area contributed by atoms with Gasteiger partial charge in [-0.3, -0.25) is 4.90 Å². The molecule has 0 aromatic carbocycles. The van der Waals surface area contributed by atoms with Gasteiger partial charge in [0.2, 0.25) is 0 Å². The predicted molar refractivity (Wildman–Crippen MR) is 110 cm³/mol. The zero-order valence-electron chi connectivity index (χ0n) is 15.9. The topological polar surface area (TPSA) is 82.6 Å². The normalized spacial score (nSPS) is 11.2. The van der Waals surface area contributed by atoms with Crippen LogP contribution in [0.5, 0.6) is 0 Å². The third-order valence-corrected chi connectivity index (χ3v) is 5.22. The number of carbonyl (C=O) groups is 1. The Balaban J connectivity index is 2.44. The molecule has 0 aliphatic carbocycles.